The molecule has 0 saturated heterocycles. The van der Waals surface area contributed by atoms with Crippen LogP contribution in [0.2, 0.25) is 0 Å². The first kappa shape index (κ1) is 14.7. The lowest BCUT2D eigenvalue weighted by molar-refractivity contribution is 0.350. The summed E-state index contributed by atoms with van der Waals surface area (Å²) in [5.74, 6) is 1.29. The minimum absolute atomic E-state index is 0.422. The number of benzene rings is 1. The summed E-state index contributed by atoms with van der Waals surface area (Å²) in [6.45, 7) is 0.526. The Balaban J connectivity index is 2.08. The molecule has 5 nitrogen and oxygen atoms in total. The van der Waals surface area contributed by atoms with Crippen molar-refractivity contribution >= 4 is 5.69 Å². The van der Waals surface area contributed by atoms with Crippen LogP contribution in [-0.2, 0) is 13.0 Å². The van der Waals surface area contributed by atoms with E-state index < -0.39 is 0 Å². The lowest BCUT2D eigenvalue weighted by atomic mass is 10.1. The maximum absolute atomic E-state index is 8.65. The highest BCUT2D eigenvalue weighted by Crippen LogP contribution is 2.29. The first-order valence-electron chi connectivity index (χ1n) is 6.54. The van der Waals surface area contributed by atoms with E-state index in [1.165, 1.54) is 0 Å². The first-order chi connectivity index (χ1) is 10.3. The molecule has 0 aliphatic heterocycles. The molecule has 0 saturated carbocycles. The number of nitrogens with one attached hydrogen (secondary N) is 1. The van der Waals surface area contributed by atoms with Gasteiger partial charge >= 0.3 is 0 Å². The molecule has 0 aliphatic rings. The van der Waals surface area contributed by atoms with E-state index in [0.717, 1.165) is 16.9 Å². The number of rotatable bonds is 6. The molecule has 5 heteroatoms. The van der Waals surface area contributed by atoms with Crippen LogP contribution in [0.25, 0.3) is 0 Å². The van der Waals surface area contributed by atoms with E-state index in [0.29, 0.717) is 24.5 Å². The first-order valence-corrected chi connectivity index (χ1v) is 6.54. The molecular weight excluding hydrogens is 266 g/mol. The SMILES string of the molecule is COc1ccnc(CNc2ccc(CC#N)cc2)c1OC. The summed E-state index contributed by atoms with van der Waals surface area (Å²) in [6.07, 6.45) is 2.11. The normalized spacial score (nSPS) is 9.76. The molecule has 108 valence electrons. The van der Waals surface area contributed by atoms with Gasteiger partial charge in [-0.2, -0.15) is 5.26 Å². The van der Waals surface area contributed by atoms with Crippen LogP contribution in [0.1, 0.15) is 11.3 Å². The third-order valence-corrected chi connectivity index (χ3v) is 3.06. The Labute approximate surface area is 124 Å². The monoisotopic (exact) mass is 283 g/mol. The van der Waals surface area contributed by atoms with Gasteiger partial charge in [-0.25, -0.2) is 0 Å². The number of pyridine rings is 1. The average molecular weight is 283 g/mol. The van der Waals surface area contributed by atoms with E-state index >= 15 is 0 Å². The zero-order valence-corrected chi connectivity index (χ0v) is 12.1. The molecule has 1 aromatic heterocycles. The van der Waals surface area contributed by atoms with Gasteiger partial charge in [0.15, 0.2) is 11.5 Å². The van der Waals surface area contributed by atoms with Crippen LogP contribution < -0.4 is 14.8 Å². The second-order valence-corrected chi connectivity index (χ2v) is 4.38. The molecule has 2 rings (SSSR count). The van der Waals surface area contributed by atoms with Crippen LogP contribution in [0, 0.1) is 11.3 Å². The summed E-state index contributed by atoms with van der Waals surface area (Å²) in [4.78, 5) is 4.31. The zero-order chi connectivity index (χ0) is 15.1. The van der Waals surface area contributed by atoms with Crippen molar-refractivity contribution in [2.24, 2.45) is 0 Å². The number of methoxy groups -OCH3 is 2. The van der Waals surface area contributed by atoms with Crippen LogP contribution in [0.5, 0.6) is 11.5 Å². The van der Waals surface area contributed by atoms with Crippen molar-refractivity contribution in [3.63, 3.8) is 0 Å². The van der Waals surface area contributed by atoms with E-state index in [9.17, 15) is 0 Å². The van der Waals surface area contributed by atoms with Crippen LogP contribution in [-0.4, -0.2) is 19.2 Å². The van der Waals surface area contributed by atoms with Gasteiger partial charge in [-0.05, 0) is 17.7 Å². The topological polar surface area (TPSA) is 67.2 Å². The van der Waals surface area contributed by atoms with Crippen LogP contribution in [0.3, 0.4) is 0 Å². The van der Waals surface area contributed by atoms with Crippen molar-refractivity contribution in [3.05, 3.63) is 47.8 Å². The number of nitriles is 1. The maximum atomic E-state index is 8.65. The quantitative estimate of drug-likeness (QED) is 0.883. The number of hydrogen-bond donors (Lipinski definition) is 1. The van der Waals surface area contributed by atoms with Gasteiger partial charge in [-0.1, -0.05) is 12.1 Å². The Hall–Kier alpha value is -2.74. The van der Waals surface area contributed by atoms with Crippen molar-refractivity contribution in [2.75, 3.05) is 19.5 Å². The number of aromatic nitrogens is 1. The number of nitrogens with zero attached hydrogens (tertiary/aromatic N) is 2. The molecule has 2 aromatic rings. The van der Waals surface area contributed by atoms with Crippen LogP contribution in [0.4, 0.5) is 5.69 Å². The van der Waals surface area contributed by atoms with Crippen molar-refractivity contribution in [1.29, 1.82) is 5.26 Å². The predicted octanol–water partition coefficient (Wildman–Crippen LogP) is 2.78. The standard InChI is InChI=1S/C16H17N3O2/c1-20-15-8-10-18-14(16(15)21-2)11-19-13-5-3-12(4-6-13)7-9-17/h3-6,8,10,19H,7,11H2,1-2H3. The second kappa shape index (κ2) is 7.15. The van der Waals surface area contributed by atoms with Crippen molar-refractivity contribution in [1.82, 2.24) is 4.98 Å². The number of anilines is 1. The highest BCUT2D eigenvalue weighted by molar-refractivity contribution is 5.48. The summed E-state index contributed by atoms with van der Waals surface area (Å²) in [5, 5.41) is 11.9. The fourth-order valence-electron chi connectivity index (χ4n) is 1.99. The molecular formula is C16H17N3O2. The molecule has 1 heterocycles. The van der Waals surface area contributed by atoms with Crippen molar-refractivity contribution in [3.8, 4) is 17.6 Å². The van der Waals surface area contributed by atoms with E-state index in [2.05, 4.69) is 16.4 Å². The Morgan fingerprint density at radius 3 is 2.52 bits per heavy atom. The lowest BCUT2D eigenvalue weighted by Crippen LogP contribution is -2.05. The summed E-state index contributed by atoms with van der Waals surface area (Å²) in [7, 11) is 3.20. The summed E-state index contributed by atoms with van der Waals surface area (Å²) in [6, 6.07) is 11.6. The van der Waals surface area contributed by atoms with E-state index in [1.807, 2.05) is 24.3 Å². The minimum atomic E-state index is 0.422. The van der Waals surface area contributed by atoms with Gasteiger partial charge in [-0.15, -0.1) is 0 Å². The van der Waals surface area contributed by atoms with Gasteiger partial charge in [0.2, 0.25) is 0 Å². The van der Waals surface area contributed by atoms with Crippen molar-refractivity contribution < 1.29 is 9.47 Å². The summed E-state index contributed by atoms with van der Waals surface area (Å²) in [5.41, 5.74) is 2.74. The van der Waals surface area contributed by atoms with E-state index in [1.54, 1.807) is 26.5 Å². The second-order valence-electron chi connectivity index (χ2n) is 4.38. The van der Waals surface area contributed by atoms with Gasteiger partial charge in [0.05, 0.1) is 33.3 Å². The smallest absolute Gasteiger partial charge is 0.184 e. The molecule has 0 spiro atoms. The maximum Gasteiger partial charge on any atom is 0.184 e. The van der Waals surface area contributed by atoms with Crippen LogP contribution >= 0.6 is 0 Å². The Morgan fingerprint density at radius 2 is 1.90 bits per heavy atom. The Kier molecular flexibility index (Phi) is 4.99. The molecule has 0 fully saturated rings. The van der Waals surface area contributed by atoms with Gasteiger partial charge in [0, 0.05) is 18.0 Å². The summed E-state index contributed by atoms with van der Waals surface area (Å²) >= 11 is 0. The molecule has 0 radical (unpaired) electrons. The molecule has 1 aromatic carbocycles. The molecule has 0 atom stereocenters. The van der Waals surface area contributed by atoms with E-state index in [-0.39, 0.29) is 0 Å². The largest absolute Gasteiger partial charge is 0.493 e. The average Bonchev–Trinajstić information content (AvgIpc) is 2.54. The minimum Gasteiger partial charge on any atom is -0.493 e. The Morgan fingerprint density at radius 1 is 1.14 bits per heavy atom. The van der Waals surface area contributed by atoms with E-state index in [4.69, 9.17) is 14.7 Å². The van der Waals surface area contributed by atoms with Gasteiger partial charge < -0.3 is 14.8 Å². The van der Waals surface area contributed by atoms with Gasteiger partial charge in [0.25, 0.3) is 0 Å². The molecule has 0 amide bonds. The number of hydrogen-bond acceptors (Lipinski definition) is 5. The van der Waals surface area contributed by atoms with Gasteiger partial charge in [0.1, 0.15) is 5.69 Å². The van der Waals surface area contributed by atoms with Gasteiger partial charge in [-0.3, -0.25) is 4.98 Å². The molecule has 0 aliphatic carbocycles. The molecule has 1 N–H and O–H groups in total. The molecule has 0 bridgehead atoms. The third-order valence-electron chi connectivity index (χ3n) is 3.06. The van der Waals surface area contributed by atoms with Crippen molar-refractivity contribution in [2.45, 2.75) is 13.0 Å². The third kappa shape index (κ3) is 3.63. The van der Waals surface area contributed by atoms with Crippen LogP contribution in [0.15, 0.2) is 36.5 Å². The lowest BCUT2D eigenvalue weighted by Gasteiger charge is -2.12. The fraction of sp³-hybridized carbons (Fsp3) is 0.250. The predicted molar refractivity (Wildman–Crippen MR) is 80.4 cm³/mol. The highest BCUT2D eigenvalue weighted by atomic mass is 16.5. The number of ether oxygens (including phenoxy) is 2. The zero-order valence-electron chi connectivity index (χ0n) is 12.1. The fourth-order valence-corrected chi connectivity index (χ4v) is 1.99. The Bertz CT molecular complexity index is 633. The molecule has 21 heavy (non-hydrogen) atoms. The summed E-state index contributed by atoms with van der Waals surface area (Å²) < 4.78 is 10.6. The highest BCUT2D eigenvalue weighted by Gasteiger charge is 2.10. The molecule has 0 unspecified atom stereocenters.